The van der Waals surface area contributed by atoms with Gasteiger partial charge in [0.25, 0.3) is 0 Å². The quantitative estimate of drug-likeness (QED) is 0.174. The van der Waals surface area contributed by atoms with E-state index >= 15 is 0 Å². The molecule has 0 saturated carbocycles. The zero-order valence-corrected chi connectivity index (χ0v) is 33.6. The van der Waals surface area contributed by atoms with E-state index in [2.05, 4.69) is 228 Å². The van der Waals surface area contributed by atoms with Gasteiger partial charge in [-0.25, -0.2) is 9.97 Å². The Kier molecular flexibility index (Phi) is 7.57. The van der Waals surface area contributed by atoms with Crippen LogP contribution in [0.5, 0.6) is 0 Å². The van der Waals surface area contributed by atoms with Gasteiger partial charge in [-0.3, -0.25) is 0 Å². The van der Waals surface area contributed by atoms with Gasteiger partial charge in [0.2, 0.25) is 0 Å². The van der Waals surface area contributed by atoms with E-state index in [0.717, 1.165) is 50.1 Å². The average Bonchev–Trinajstić information content (AvgIpc) is 3.83. The normalized spacial score (nSPS) is 11.9. The lowest BCUT2D eigenvalue weighted by atomic mass is 10.0. The van der Waals surface area contributed by atoms with E-state index < -0.39 is 0 Å². The Morgan fingerprint density at radius 1 is 0.274 bits per heavy atom. The van der Waals surface area contributed by atoms with Crippen molar-refractivity contribution in [2.75, 3.05) is 0 Å². The van der Waals surface area contributed by atoms with Crippen LogP contribution in [0.4, 0.5) is 0 Å². The standard InChI is InChI=1S/C58H36N4/c1-2-13-37(14-3-1)38-25-27-39(28-26-38)57-48-22-8-10-23-52(48)59-58(60-57)44-19-12-20-45(31-44)61-54-30-29-46(36-51(54)50-33-41-16-5-7-18-43(41)35-56(50)61)62-53-24-11-9-21-47(53)49-32-40-15-4-6-17-42(40)34-55(49)62/h1-36H. The summed E-state index contributed by atoms with van der Waals surface area (Å²) in [7, 11) is 0. The molecule has 0 saturated heterocycles. The van der Waals surface area contributed by atoms with Crippen LogP contribution >= 0.6 is 0 Å². The Balaban J connectivity index is 1.000. The highest BCUT2D eigenvalue weighted by Gasteiger charge is 2.19. The molecule has 3 heterocycles. The maximum atomic E-state index is 5.32. The first-order valence-corrected chi connectivity index (χ1v) is 21.1. The first-order chi connectivity index (χ1) is 30.7. The average molecular weight is 789 g/mol. The highest BCUT2D eigenvalue weighted by atomic mass is 15.0. The molecule has 0 aliphatic heterocycles. The lowest BCUT2D eigenvalue weighted by molar-refractivity contribution is 1.16. The van der Waals surface area contributed by atoms with Crippen LogP contribution < -0.4 is 0 Å². The van der Waals surface area contributed by atoms with Crippen LogP contribution in [0, 0.1) is 0 Å². The zero-order chi connectivity index (χ0) is 40.7. The Hall–Kier alpha value is -8.34. The molecule has 0 amide bonds. The van der Waals surface area contributed by atoms with Crippen LogP contribution in [0.15, 0.2) is 218 Å². The Bertz CT molecular complexity index is 3910. The second-order valence-corrected chi connectivity index (χ2v) is 16.2. The number of hydrogen-bond donors (Lipinski definition) is 0. The second kappa shape index (κ2) is 13.6. The smallest absolute Gasteiger partial charge is 0.160 e. The van der Waals surface area contributed by atoms with E-state index in [1.165, 1.54) is 65.3 Å². The summed E-state index contributed by atoms with van der Waals surface area (Å²) in [6, 6.07) is 78.7. The summed E-state index contributed by atoms with van der Waals surface area (Å²) >= 11 is 0. The minimum Gasteiger partial charge on any atom is -0.309 e. The fourth-order valence-electron chi connectivity index (χ4n) is 9.71. The van der Waals surface area contributed by atoms with Crippen molar-refractivity contribution >= 4 is 76.1 Å². The van der Waals surface area contributed by atoms with Gasteiger partial charge >= 0.3 is 0 Å². The molecular weight excluding hydrogens is 753 g/mol. The first kappa shape index (κ1) is 34.5. The lowest BCUT2D eigenvalue weighted by Crippen LogP contribution is -1.98. The van der Waals surface area contributed by atoms with Crippen LogP contribution in [-0.4, -0.2) is 19.1 Å². The number of nitrogens with zero attached hydrogens (tertiary/aromatic N) is 4. The zero-order valence-electron chi connectivity index (χ0n) is 33.6. The fraction of sp³-hybridized carbons (Fsp3) is 0. The predicted molar refractivity (Wildman–Crippen MR) is 260 cm³/mol. The summed E-state index contributed by atoms with van der Waals surface area (Å²) in [6.07, 6.45) is 0. The summed E-state index contributed by atoms with van der Waals surface area (Å²) in [5.41, 5.74) is 13.1. The molecule has 4 heteroatoms. The van der Waals surface area contributed by atoms with Crippen LogP contribution in [-0.2, 0) is 0 Å². The monoisotopic (exact) mass is 788 g/mol. The van der Waals surface area contributed by atoms with Gasteiger partial charge in [0.1, 0.15) is 0 Å². The Morgan fingerprint density at radius 2 is 0.790 bits per heavy atom. The summed E-state index contributed by atoms with van der Waals surface area (Å²) in [6.45, 7) is 0. The van der Waals surface area contributed by atoms with Crippen molar-refractivity contribution in [1.29, 1.82) is 0 Å². The largest absolute Gasteiger partial charge is 0.309 e. The number of para-hydroxylation sites is 2. The van der Waals surface area contributed by atoms with Gasteiger partial charge in [-0.05, 0) is 99.4 Å². The molecule has 0 aliphatic rings. The summed E-state index contributed by atoms with van der Waals surface area (Å²) < 4.78 is 4.85. The Labute approximate surface area is 357 Å². The summed E-state index contributed by atoms with van der Waals surface area (Å²) in [4.78, 5) is 10.5. The van der Waals surface area contributed by atoms with Gasteiger partial charge in [-0.15, -0.1) is 0 Å². The molecule has 0 atom stereocenters. The van der Waals surface area contributed by atoms with Crippen molar-refractivity contribution < 1.29 is 0 Å². The predicted octanol–water partition coefficient (Wildman–Crippen LogP) is 15.1. The third-order valence-corrected chi connectivity index (χ3v) is 12.6. The number of fused-ring (bicyclic) bond motifs is 9. The molecule has 0 fully saturated rings. The van der Waals surface area contributed by atoms with E-state index in [9.17, 15) is 0 Å². The number of aromatic nitrogens is 4. The highest BCUT2D eigenvalue weighted by Crippen LogP contribution is 2.40. The molecule has 0 aliphatic carbocycles. The van der Waals surface area contributed by atoms with Crippen LogP contribution in [0.3, 0.4) is 0 Å². The summed E-state index contributed by atoms with van der Waals surface area (Å²) in [5.74, 6) is 0.695. The molecule has 0 unspecified atom stereocenters. The molecule has 4 nitrogen and oxygen atoms in total. The fourth-order valence-corrected chi connectivity index (χ4v) is 9.71. The highest BCUT2D eigenvalue weighted by molar-refractivity contribution is 6.16. The van der Waals surface area contributed by atoms with Crippen molar-refractivity contribution in [2.24, 2.45) is 0 Å². The maximum Gasteiger partial charge on any atom is 0.160 e. The number of rotatable bonds is 5. The van der Waals surface area contributed by atoms with E-state index in [1.54, 1.807) is 0 Å². The minimum absolute atomic E-state index is 0.695. The van der Waals surface area contributed by atoms with Gasteiger partial charge < -0.3 is 9.13 Å². The van der Waals surface area contributed by atoms with Crippen molar-refractivity contribution in [3.8, 4) is 45.1 Å². The molecule has 0 radical (unpaired) electrons. The molecule has 0 bridgehead atoms. The van der Waals surface area contributed by atoms with Gasteiger partial charge in [0, 0.05) is 49.4 Å². The van der Waals surface area contributed by atoms with Crippen molar-refractivity contribution in [2.45, 2.75) is 0 Å². The molecule has 13 aromatic rings. The van der Waals surface area contributed by atoms with Gasteiger partial charge in [0.05, 0.1) is 33.3 Å². The summed E-state index contributed by atoms with van der Waals surface area (Å²) in [5, 5.41) is 10.8. The van der Waals surface area contributed by atoms with E-state index in [1.807, 2.05) is 0 Å². The molecule has 0 spiro atoms. The van der Waals surface area contributed by atoms with E-state index in [-0.39, 0.29) is 0 Å². The lowest BCUT2D eigenvalue weighted by Gasteiger charge is -2.13. The SMILES string of the molecule is c1ccc(-c2ccc(-c3nc(-c4cccc(-n5c6ccc(-n7c8ccccc8c8cc9ccccc9cc87)cc6c6cc7ccccc7cc65)c4)nc4ccccc34)cc2)cc1. The molecule has 3 aromatic heterocycles. The third-order valence-electron chi connectivity index (χ3n) is 12.6. The topological polar surface area (TPSA) is 35.6 Å². The third kappa shape index (κ3) is 5.40. The van der Waals surface area contributed by atoms with Gasteiger partial charge in [-0.1, -0.05) is 152 Å². The molecule has 62 heavy (non-hydrogen) atoms. The minimum atomic E-state index is 0.695. The van der Waals surface area contributed by atoms with Crippen molar-refractivity contribution in [3.05, 3.63) is 218 Å². The Morgan fingerprint density at radius 3 is 1.52 bits per heavy atom. The van der Waals surface area contributed by atoms with Gasteiger partial charge in [0.15, 0.2) is 5.82 Å². The van der Waals surface area contributed by atoms with Crippen LogP contribution in [0.1, 0.15) is 0 Å². The van der Waals surface area contributed by atoms with E-state index in [0.29, 0.717) is 5.82 Å². The molecule has 288 valence electrons. The maximum absolute atomic E-state index is 5.32. The van der Waals surface area contributed by atoms with Crippen molar-refractivity contribution in [3.63, 3.8) is 0 Å². The molecule has 13 rings (SSSR count). The van der Waals surface area contributed by atoms with Crippen molar-refractivity contribution in [1.82, 2.24) is 19.1 Å². The molecule has 10 aromatic carbocycles. The molecule has 0 N–H and O–H groups in total. The molecular formula is C58H36N4. The second-order valence-electron chi connectivity index (χ2n) is 16.2. The first-order valence-electron chi connectivity index (χ1n) is 21.1. The van der Waals surface area contributed by atoms with Gasteiger partial charge in [-0.2, -0.15) is 0 Å². The number of benzene rings is 10. The van der Waals surface area contributed by atoms with Crippen LogP contribution in [0.25, 0.3) is 121 Å². The van der Waals surface area contributed by atoms with E-state index in [4.69, 9.17) is 9.97 Å². The number of hydrogen-bond acceptors (Lipinski definition) is 2. The van der Waals surface area contributed by atoms with Crippen LogP contribution in [0.2, 0.25) is 0 Å².